The van der Waals surface area contributed by atoms with Crippen molar-refractivity contribution in [3.05, 3.63) is 11.7 Å². The van der Waals surface area contributed by atoms with Crippen LogP contribution in [-0.2, 0) is 11.2 Å². The fourth-order valence-corrected chi connectivity index (χ4v) is 5.47. The summed E-state index contributed by atoms with van der Waals surface area (Å²) < 4.78 is 5.08. The van der Waals surface area contributed by atoms with Crippen molar-refractivity contribution in [1.29, 1.82) is 0 Å². The number of aryl methyl sites for hydroxylation is 1. The van der Waals surface area contributed by atoms with Gasteiger partial charge in [0.25, 0.3) is 0 Å². The van der Waals surface area contributed by atoms with Crippen LogP contribution < -0.4 is 0 Å². The molecule has 0 N–H and O–H groups in total. The van der Waals surface area contributed by atoms with Crippen molar-refractivity contribution in [3.63, 3.8) is 0 Å². The van der Waals surface area contributed by atoms with Crippen LogP contribution in [0, 0.1) is 30.6 Å². The number of carbonyl (C=O) groups is 1. The van der Waals surface area contributed by atoms with Crippen LogP contribution in [0.1, 0.15) is 69.5 Å². The second kappa shape index (κ2) is 7.46. The Balaban J connectivity index is 1.33. The Morgan fingerprint density at radius 2 is 1.96 bits per heavy atom. The number of hydrogen-bond donors (Lipinski definition) is 0. The fraction of sp³-hybridized carbons (Fsp3) is 0.850. The topological polar surface area (TPSA) is 59.2 Å². The minimum Gasteiger partial charge on any atom is -0.342 e. The highest BCUT2D eigenvalue weighted by Crippen LogP contribution is 2.43. The Kier molecular flexibility index (Phi) is 5.09. The van der Waals surface area contributed by atoms with Crippen LogP contribution >= 0.6 is 0 Å². The van der Waals surface area contributed by atoms with Gasteiger partial charge in [0, 0.05) is 32.4 Å². The zero-order valence-corrected chi connectivity index (χ0v) is 15.5. The van der Waals surface area contributed by atoms with Gasteiger partial charge >= 0.3 is 0 Å². The normalized spacial score (nSPS) is 33.1. The average molecular weight is 345 g/mol. The molecule has 2 aliphatic carbocycles. The van der Waals surface area contributed by atoms with Crippen LogP contribution in [0.3, 0.4) is 0 Å². The fourth-order valence-electron chi connectivity index (χ4n) is 5.47. The van der Waals surface area contributed by atoms with Crippen LogP contribution in [0.25, 0.3) is 0 Å². The van der Waals surface area contributed by atoms with Crippen LogP contribution in [0.5, 0.6) is 0 Å². The molecule has 138 valence electrons. The molecule has 1 aromatic rings. The third-order valence-corrected chi connectivity index (χ3v) is 6.76. The predicted octanol–water partition coefficient (Wildman–Crippen LogP) is 3.77. The highest BCUT2D eigenvalue weighted by Gasteiger charge is 2.37. The molecule has 25 heavy (non-hydrogen) atoms. The molecule has 5 nitrogen and oxygen atoms in total. The number of amides is 1. The summed E-state index contributed by atoms with van der Waals surface area (Å²) >= 11 is 0. The van der Waals surface area contributed by atoms with E-state index in [1.54, 1.807) is 0 Å². The molecule has 0 aromatic carbocycles. The van der Waals surface area contributed by atoms with Crippen LogP contribution in [0.15, 0.2) is 4.52 Å². The molecular weight excluding hydrogens is 314 g/mol. The number of piperidine rings is 1. The smallest absolute Gasteiger partial charge is 0.225 e. The number of aromatic nitrogens is 2. The van der Waals surface area contributed by atoms with Gasteiger partial charge in [-0.05, 0) is 49.9 Å². The van der Waals surface area contributed by atoms with Crippen LogP contribution in [-0.4, -0.2) is 34.0 Å². The summed E-state index contributed by atoms with van der Waals surface area (Å²) in [4.78, 5) is 19.6. The van der Waals surface area contributed by atoms with Gasteiger partial charge < -0.3 is 9.42 Å². The average Bonchev–Trinajstić information content (AvgIpc) is 3.05. The molecule has 1 amide bonds. The molecule has 5 heteroatoms. The van der Waals surface area contributed by atoms with Crippen molar-refractivity contribution in [1.82, 2.24) is 15.0 Å². The first kappa shape index (κ1) is 17.0. The molecule has 0 spiro atoms. The third kappa shape index (κ3) is 3.90. The van der Waals surface area contributed by atoms with E-state index < -0.39 is 0 Å². The lowest BCUT2D eigenvalue weighted by Crippen LogP contribution is -2.45. The Morgan fingerprint density at radius 1 is 1.12 bits per heavy atom. The summed E-state index contributed by atoms with van der Waals surface area (Å²) in [5.74, 6) is 4.33. The molecule has 0 radical (unpaired) electrons. The minimum atomic E-state index is 0.283. The van der Waals surface area contributed by atoms with Crippen molar-refractivity contribution in [2.24, 2.45) is 23.7 Å². The lowest BCUT2D eigenvalue weighted by Gasteiger charge is -2.41. The maximum absolute atomic E-state index is 13.1. The number of carbonyl (C=O) groups excluding carboxylic acids is 1. The predicted molar refractivity (Wildman–Crippen MR) is 94.8 cm³/mol. The molecule has 4 rings (SSSR count). The second-order valence-corrected chi connectivity index (χ2v) is 8.54. The first-order valence-corrected chi connectivity index (χ1v) is 10.3. The van der Waals surface area contributed by atoms with E-state index in [0.29, 0.717) is 17.7 Å². The third-order valence-electron chi connectivity index (χ3n) is 6.76. The van der Waals surface area contributed by atoms with Gasteiger partial charge in [0.15, 0.2) is 5.82 Å². The number of hydrogen-bond acceptors (Lipinski definition) is 4. The monoisotopic (exact) mass is 345 g/mol. The highest BCUT2D eigenvalue weighted by molar-refractivity contribution is 5.79. The Labute approximate surface area is 150 Å². The van der Waals surface area contributed by atoms with Gasteiger partial charge in [0.1, 0.15) is 0 Å². The molecule has 4 unspecified atom stereocenters. The zero-order valence-electron chi connectivity index (χ0n) is 15.5. The highest BCUT2D eigenvalue weighted by atomic mass is 16.5. The summed E-state index contributed by atoms with van der Waals surface area (Å²) in [6.45, 7) is 3.64. The van der Waals surface area contributed by atoms with E-state index in [1.165, 1.54) is 32.1 Å². The van der Waals surface area contributed by atoms with Gasteiger partial charge in [-0.25, -0.2) is 0 Å². The number of likely N-dealkylation sites (tertiary alicyclic amines) is 1. The lowest BCUT2D eigenvalue weighted by atomic mass is 9.67. The maximum Gasteiger partial charge on any atom is 0.225 e. The maximum atomic E-state index is 13.1. The van der Waals surface area contributed by atoms with Crippen molar-refractivity contribution in [2.45, 2.75) is 71.1 Å². The molecule has 1 saturated heterocycles. The van der Waals surface area contributed by atoms with Gasteiger partial charge in [-0.3, -0.25) is 4.79 Å². The lowest BCUT2D eigenvalue weighted by molar-refractivity contribution is -0.139. The minimum absolute atomic E-state index is 0.283. The number of rotatable bonds is 3. The Morgan fingerprint density at radius 3 is 2.76 bits per heavy atom. The zero-order chi connectivity index (χ0) is 17.2. The second-order valence-electron chi connectivity index (χ2n) is 8.54. The van der Waals surface area contributed by atoms with Crippen molar-refractivity contribution >= 4 is 5.91 Å². The first-order chi connectivity index (χ1) is 12.2. The molecule has 1 aromatic heterocycles. The summed E-state index contributed by atoms with van der Waals surface area (Å²) in [6, 6.07) is 0. The van der Waals surface area contributed by atoms with Crippen molar-refractivity contribution < 1.29 is 9.32 Å². The number of nitrogens with zero attached hydrogens (tertiary/aromatic N) is 3. The Hall–Kier alpha value is -1.39. The molecule has 4 atom stereocenters. The van der Waals surface area contributed by atoms with Crippen LogP contribution in [0.2, 0.25) is 0 Å². The molecule has 3 fully saturated rings. The summed E-state index contributed by atoms with van der Waals surface area (Å²) in [5, 5.41) is 4.03. The number of fused-ring (bicyclic) bond motifs is 1. The van der Waals surface area contributed by atoms with E-state index in [9.17, 15) is 4.79 Å². The molecular formula is C20H31N3O2. The molecule has 2 saturated carbocycles. The summed E-state index contributed by atoms with van der Waals surface area (Å²) in [5.41, 5.74) is 0. The molecule has 1 aliphatic heterocycles. The SMILES string of the molecule is Cc1nc(CC2CCCN(C(=O)C3CCC4CCCCC4C3)C2)no1. The molecule has 3 aliphatic rings. The van der Waals surface area contributed by atoms with E-state index in [2.05, 4.69) is 15.0 Å². The van der Waals surface area contributed by atoms with Crippen LogP contribution in [0.4, 0.5) is 0 Å². The molecule has 2 heterocycles. The van der Waals surface area contributed by atoms with Crippen molar-refractivity contribution in [3.8, 4) is 0 Å². The van der Waals surface area contributed by atoms with Gasteiger partial charge in [-0.2, -0.15) is 4.98 Å². The van der Waals surface area contributed by atoms with Gasteiger partial charge in [-0.15, -0.1) is 0 Å². The van der Waals surface area contributed by atoms with Crippen molar-refractivity contribution in [2.75, 3.05) is 13.1 Å². The van der Waals surface area contributed by atoms with E-state index in [1.807, 2.05) is 6.92 Å². The first-order valence-electron chi connectivity index (χ1n) is 10.3. The summed E-state index contributed by atoms with van der Waals surface area (Å²) in [6.07, 6.45) is 12.2. The standard InChI is InChI=1S/C20H31N3O2/c1-14-21-19(22-25-14)11-15-5-4-10-23(13-15)20(24)18-9-8-16-6-2-3-7-17(16)12-18/h15-18H,2-13H2,1H3. The van der Waals surface area contributed by atoms with E-state index in [0.717, 1.165) is 62.9 Å². The quantitative estimate of drug-likeness (QED) is 0.837. The van der Waals surface area contributed by atoms with E-state index >= 15 is 0 Å². The van der Waals surface area contributed by atoms with E-state index in [4.69, 9.17) is 4.52 Å². The van der Waals surface area contributed by atoms with Gasteiger partial charge in [0.2, 0.25) is 11.8 Å². The largest absolute Gasteiger partial charge is 0.342 e. The summed E-state index contributed by atoms with van der Waals surface area (Å²) in [7, 11) is 0. The molecule has 0 bridgehead atoms. The van der Waals surface area contributed by atoms with Gasteiger partial charge in [-0.1, -0.05) is 30.8 Å². The van der Waals surface area contributed by atoms with Gasteiger partial charge in [0.05, 0.1) is 0 Å². The van der Waals surface area contributed by atoms with E-state index in [-0.39, 0.29) is 5.92 Å². The Bertz CT molecular complexity index is 600.